The monoisotopic (exact) mass is 297 g/mol. The highest BCUT2D eigenvalue weighted by atomic mass is 35.5. The summed E-state index contributed by atoms with van der Waals surface area (Å²) in [5, 5.41) is 8.53. The summed E-state index contributed by atoms with van der Waals surface area (Å²) in [5.74, 6) is 1.93. The van der Waals surface area contributed by atoms with E-state index in [-0.39, 0.29) is 5.25 Å². The maximum Gasteiger partial charge on any atom is 0.145 e. The van der Waals surface area contributed by atoms with Crippen LogP contribution in [0.3, 0.4) is 0 Å². The lowest BCUT2D eigenvalue weighted by Crippen LogP contribution is -2.09. The second kappa shape index (κ2) is 5.84. The molecule has 2 rings (SSSR count). The van der Waals surface area contributed by atoms with Crippen molar-refractivity contribution in [2.75, 3.05) is 0 Å². The fraction of sp³-hybridized carbons (Fsp3) is 0.385. The van der Waals surface area contributed by atoms with Gasteiger partial charge in [0, 0.05) is 22.9 Å². The number of rotatable bonds is 4. The van der Waals surface area contributed by atoms with Crippen LogP contribution >= 0.6 is 11.6 Å². The summed E-state index contributed by atoms with van der Waals surface area (Å²) < 4.78 is 14.3. The standard InChI is InChI=1S/C13H16ClN3OS/c1-9(11-6-4-5-7-12(11)14)19(18)8-13-16-15-10(2)17(13)3/h4-7,9H,8H2,1-3H3/t9-,19+/m0/s1. The highest BCUT2D eigenvalue weighted by Gasteiger charge is 2.18. The summed E-state index contributed by atoms with van der Waals surface area (Å²) in [6, 6.07) is 7.50. The summed E-state index contributed by atoms with van der Waals surface area (Å²) in [6.45, 7) is 3.79. The third-order valence-corrected chi connectivity index (χ3v) is 5.12. The van der Waals surface area contributed by atoms with Gasteiger partial charge in [-0.3, -0.25) is 4.21 Å². The lowest BCUT2D eigenvalue weighted by molar-refractivity contribution is 0.671. The van der Waals surface area contributed by atoms with Gasteiger partial charge in [-0.1, -0.05) is 29.8 Å². The van der Waals surface area contributed by atoms with Crippen LogP contribution in [0.4, 0.5) is 0 Å². The first-order chi connectivity index (χ1) is 9.00. The van der Waals surface area contributed by atoms with Gasteiger partial charge in [0.1, 0.15) is 11.6 Å². The number of hydrogen-bond acceptors (Lipinski definition) is 3. The molecule has 0 fully saturated rings. The molecule has 0 radical (unpaired) electrons. The van der Waals surface area contributed by atoms with Crippen molar-refractivity contribution >= 4 is 22.4 Å². The molecule has 2 atom stereocenters. The summed E-state index contributed by atoms with van der Waals surface area (Å²) in [5.41, 5.74) is 0.904. The summed E-state index contributed by atoms with van der Waals surface area (Å²) >= 11 is 6.13. The maximum atomic E-state index is 12.4. The van der Waals surface area contributed by atoms with Gasteiger partial charge in [0.25, 0.3) is 0 Å². The highest BCUT2D eigenvalue weighted by molar-refractivity contribution is 7.84. The first kappa shape index (κ1) is 14.2. The van der Waals surface area contributed by atoms with Crippen molar-refractivity contribution in [1.82, 2.24) is 14.8 Å². The van der Waals surface area contributed by atoms with Gasteiger partial charge in [0.05, 0.1) is 11.0 Å². The van der Waals surface area contributed by atoms with Gasteiger partial charge in [-0.15, -0.1) is 10.2 Å². The molecule has 0 bridgehead atoms. The van der Waals surface area contributed by atoms with Gasteiger partial charge in [0.15, 0.2) is 0 Å². The lowest BCUT2D eigenvalue weighted by atomic mass is 10.2. The Balaban J connectivity index is 2.17. The molecule has 6 heteroatoms. The second-order valence-electron chi connectivity index (χ2n) is 4.41. The van der Waals surface area contributed by atoms with Crippen LogP contribution in [0.5, 0.6) is 0 Å². The van der Waals surface area contributed by atoms with Crippen molar-refractivity contribution in [3.05, 3.63) is 46.5 Å². The minimum absolute atomic E-state index is 0.134. The third kappa shape index (κ3) is 3.04. The normalized spacial score (nSPS) is 14.3. The molecule has 0 saturated carbocycles. The van der Waals surface area contributed by atoms with E-state index in [1.165, 1.54) is 0 Å². The number of nitrogens with zero attached hydrogens (tertiary/aromatic N) is 3. The van der Waals surface area contributed by atoms with E-state index in [4.69, 9.17) is 11.6 Å². The first-order valence-corrected chi connectivity index (χ1v) is 7.73. The molecule has 1 aromatic heterocycles. The van der Waals surface area contributed by atoms with Crippen molar-refractivity contribution in [1.29, 1.82) is 0 Å². The Morgan fingerprint density at radius 3 is 2.63 bits per heavy atom. The Labute approximate surface area is 120 Å². The Morgan fingerprint density at radius 1 is 1.37 bits per heavy atom. The van der Waals surface area contributed by atoms with E-state index >= 15 is 0 Å². The molecular weight excluding hydrogens is 282 g/mol. The highest BCUT2D eigenvalue weighted by Crippen LogP contribution is 2.27. The van der Waals surface area contributed by atoms with Gasteiger partial charge in [-0.05, 0) is 25.5 Å². The average molecular weight is 298 g/mol. The molecule has 0 spiro atoms. The second-order valence-corrected chi connectivity index (χ2v) is 6.58. The van der Waals surface area contributed by atoms with E-state index in [0.717, 1.165) is 17.2 Å². The van der Waals surface area contributed by atoms with E-state index in [1.54, 1.807) is 0 Å². The minimum atomic E-state index is -1.08. The van der Waals surface area contributed by atoms with E-state index < -0.39 is 10.8 Å². The molecule has 0 amide bonds. The SMILES string of the molecule is Cc1nnc(C[S@@](=O)[C@@H](C)c2ccccc2Cl)n1C. The lowest BCUT2D eigenvalue weighted by Gasteiger charge is -2.13. The van der Waals surface area contributed by atoms with Crippen LogP contribution in [-0.4, -0.2) is 19.0 Å². The molecule has 4 nitrogen and oxygen atoms in total. The molecule has 0 aliphatic rings. The van der Waals surface area contributed by atoms with Crippen molar-refractivity contribution in [2.24, 2.45) is 7.05 Å². The Hall–Kier alpha value is -1.20. The van der Waals surface area contributed by atoms with Gasteiger partial charge in [-0.25, -0.2) is 0 Å². The molecule has 0 saturated heterocycles. The van der Waals surface area contributed by atoms with E-state index in [1.807, 2.05) is 49.7 Å². The molecule has 0 aliphatic heterocycles. The van der Waals surface area contributed by atoms with Crippen LogP contribution in [0.1, 0.15) is 29.4 Å². The number of aromatic nitrogens is 3. The molecule has 1 aromatic carbocycles. The van der Waals surface area contributed by atoms with Crippen LogP contribution in [0.2, 0.25) is 5.02 Å². The predicted molar refractivity (Wildman–Crippen MR) is 77.5 cm³/mol. The molecular formula is C13H16ClN3OS. The molecule has 19 heavy (non-hydrogen) atoms. The zero-order chi connectivity index (χ0) is 14.0. The van der Waals surface area contributed by atoms with Crippen molar-refractivity contribution in [3.63, 3.8) is 0 Å². The minimum Gasteiger partial charge on any atom is -0.318 e. The topological polar surface area (TPSA) is 47.8 Å². The zero-order valence-corrected chi connectivity index (χ0v) is 12.7. The quantitative estimate of drug-likeness (QED) is 0.872. The molecule has 2 aromatic rings. The van der Waals surface area contributed by atoms with Crippen molar-refractivity contribution in [3.8, 4) is 0 Å². The van der Waals surface area contributed by atoms with E-state index in [0.29, 0.717) is 10.8 Å². The molecule has 0 aliphatic carbocycles. The number of halogens is 1. The summed E-state index contributed by atoms with van der Waals surface area (Å²) in [6.07, 6.45) is 0. The number of aryl methyl sites for hydroxylation is 1. The summed E-state index contributed by atoms with van der Waals surface area (Å²) in [4.78, 5) is 0. The van der Waals surface area contributed by atoms with Crippen LogP contribution in [0, 0.1) is 6.92 Å². The van der Waals surface area contributed by atoms with Crippen molar-refractivity contribution in [2.45, 2.75) is 24.9 Å². The molecule has 102 valence electrons. The molecule has 0 unspecified atom stereocenters. The summed E-state index contributed by atoms with van der Waals surface area (Å²) in [7, 11) is 0.795. The molecule has 0 N–H and O–H groups in total. The molecule has 1 heterocycles. The van der Waals surface area contributed by atoms with Crippen LogP contribution in [0.15, 0.2) is 24.3 Å². The predicted octanol–water partition coefficient (Wildman–Crippen LogP) is 2.79. The van der Waals surface area contributed by atoms with Crippen molar-refractivity contribution < 1.29 is 4.21 Å². The maximum absolute atomic E-state index is 12.4. The van der Waals surface area contributed by atoms with Crippen LogP contribution in [-0.2, 0) is 23.6 Å². The smallest absolute Gasteiger partial charge is 0.145 e. The fourth-order valence-electron chi connectivity index (χ4n) is 1.78. The Kier molecular flexibility index (Phi) is 4.37. The Morgan fingerprint density at radius 2 is 2.05 bits per heavy atom. The Bertz CT molecular complexity index is 612. The first-order valence-electron chi connectivity index (χ1n) is 5.97. The number of hydrogen-bond donors (Lipinski definition) is 0. The average Bonchev–Trinajstić information content (AvgIpc) is 2.70. The third-order valence-electron chi connectivity index (χ3n) is 3.19. The van der Waals surface area contributed by atoms with Crippen LogP contribution in [0.25, 0.3) is 0 Å². The van der Waals surface area contributed by atoms with Gasteiger partial charge < -0.3 is 4.57 Å². The number of benzene rings is 1. The van der Waals surface area contributed by atoms with E-state index in [2.05, 4.69) is 10.2 Å². The van der Waals surface area contributed by atoms with E-state index in [9.17, 15) is 4.21 Å². The van der Waals surface area contributed by atoms with Crippen LogP contribution < -0.4 is 0 Å². The zero-order valence-electron chi connectivity index (χ0n) is 11.1. The van der Waals surface area contributed by atoms with Gasteiger partial charge >= 0.3 is 0 Å². The van der Waals surface area contributed by atoms with Gasteiger partial charge in [0.2, 0.25) is 0 Å². The largest absolute Gasteiger partial charge is 0.318 e. The van der Waals surface area contributed by atoms with Gasteiger partial charge in [-0.2, -0.15) is 0 Å². The fourth-order valence-corrected chi connectivity index (χ4v) is 3.38.